The molecule has 0 aromatic carbocycles. The van der Waals surface area contributed by atoms with Gasteiger partial charge in [0, 0.05) is 19.3 Å². The quantitative estimate of drug-likeness (QED) is 0.553. The normalized spacial score (nSPS) is 35.6. The van der Waals surface area contributed by atoms with Crippen LogP contribution in [0.1, 0.15) is 39.0 Å². The van der Waals surface area contributed by atoms with Gasteiger partial charge in [-0.2, -0.15) is 0 Å². The molecule has 0 bridgehead atoms. The molecule has 15 heavy (non-hydrogen) atoms. The lowest BCUT2D eigenvalue weighted by Crippen LogP contribution is -2.48. The largest absolute Gasteiger partial charge is 0.381 e. The summed E-state index contributed by atoms with van der Waals surface area (Å²) in [6.45, 7) is 4.22. The molecule has 3 unspecified atom stereocenters. The Morgan fingerprint density at radius 3 is 2.47 bits per heavy atom. The third-order valence-corrected chi connectivity index (χ3v) is 4.36. The molecule has 3 N–H and O–H groups in total. The summed E-state index contributed by atoms with van der Waals surface area (Å²) in [6, 6.07) is 0.520. The van der Waals surface area contributed by atoms with E-state index in [0.29, 0.717) is 6.04 Å². The van der Waals surface area contributed by atoms with Crippen LogP contribution in [0.5, 0.6) is 0 Å². The molecule has 3 heteroatoms. The predicted molar refractivity (Wildman–Crippen MR) is 61.2 cm³/mol. The number of hydrazine groups is 1. The summed E-state index contributed by atoms with van der Waals surface area (Å²) < 4.78 is 5.42. The van der Waals surface area contributed by atoms with Crippen molar-refractivity contribution in [3.63, 3.8) is 0 Å². The van der Waals surface area contributed by atoms with E-state index in [-0.39, 0.29) is 0 Å². The van der Waals surface area contributed by atoms with Gasteiger partial charge in [-0.05, 0) is 37.0 Å². The summed E-state index contributed by atoms with van der Waals surface area (Å²) >= 11 is 0. The van der Waals surface area contributed by atoms with E-state index in [0.717, 1.165) is 31.0 Å². The standard InChI is InChI=1S/C12H24N2O/c1-9-3-2-4-11(9)12(14-13)10-5-7-15-8-6-10/h9-12,14H,2-8,13H2,1H3. The highest BCUT2D eigenvalue weighted by Gasteiger charge is 2.35. The Hall–Kier alpha value is -0.120. The molecule has 3 nitrogen and oxygen atoms in total. The second kappa shape index (κ2) is 5.28. The van der Waals surface area contributed by atoms with Gasteiger partial charge in [0.05, 0.1) is 0 Å². The number of nitrogens with two attached hydrogens (primary N) is 1. The minimum Gasteiger partial charge on any atom is -0.381 e. The van der Waals surface area contributed by atoms with Crippen molar-refractivity contribution in [3.05, 3.63) is 0 Å². The molecule has 0 spiro atoms. The molecule has 2 aliphatic rings. The molecule has 2 rings (SSSR count). The van der Waals surface area contributed by atoms with Crippen LogP contribution in [0, 0.1) is 17.8 Å². The summed E-state index contributed by atoms with van der Waals surface area (Å²) in [5.74, 6) is 8.12. The van der Waals surface area contributed by atoms with E-state index in [2.05, 4.69) is 12.3 Å². The molecule has 0 aromatic heterocycles. The first-order valence-electron chi connectivity index (χ1n) is 6.37. The fourth-order valence-electron chi connectivity index (χ4n) is 3.39. The Balaban J connectivity index is 1.95. The highest BCUT2D eigenvalue weighted by atomic mass is 16.5. The SMILES string of the molecule is CC1CCCC1C(NN)C1CCOCC1. The van der Waals surface area contributed by atoms with Crippen molar-refractivity contribution in [1.29, 1.82) is 0 Å². The van der Waals surface area contributed by atoms with Crippen LogP contribution in [-0.4, -0.2) is 19.3 Å². The molecule has 0 amide bonds. The van der Waals surface area contributed by atoms with Gasteiger partial charge < -0.3 is 4.74 Å². The minimum atomic E-state index is 0.520. The van der Waals surface area contributed by atoms with Crippen LogP contribution in [0.3, 0.4) is 0 Å². The van der Waals surface area contributed by atoms with Gasteiger partial charge in [0.15, 0.2) is 0 Å². The molecule has 0 radical (unpaired) electrons. The summed E-state index contributed by atoms with van der Waals surface area (Å²) in [4.78, 5) is 0. The van der Waals surface area contributed by atoms with Crippen molar-refractivity contribution in [3.8, 4) is 0 Å². The number of rotatable bonds is 3. The van der Waals surface area contributed by atoms with Crippen molar-refractivity contribution in [1.82, 2.24) is 5.43 Å². The van der Waals surface area contributed by atoms with Crippen molar-refractivity contribution < 1.29 is 4.74 Å². The maximum absolute atomic E-state index is 5.75. The molecule has 1 heterocycles. The minimum absolute atomic E-state index is 0.520. The molecule has 1 saturated carbocycles. The molecule has 1 saturated heterocycles. The third-order valence-electron chi connectivity index (χ3n) is 4.36. The van der Waals surface area contributed by atoms with Gasteiger partial charge in [-0.1, -0.05) is 19.8 Å². The summed E-state index contributed by atoms with van der Waals surface area (Å²) in [5.41, 5.74) is 3.09. The van der Waals surface area contributed by atoms with Crippen molar-refractivity contribution >= 4 is 0 Å². The van der Waals surface area contributed by atoms with Crippen molar-refractivity contribution in [2.45, 2.75) is 45.1 Å². The Morgan fingerprint density at radius 2 is 1.93 bits per heavy atom. The Labute approximate surface area is 92.7 Å². The van der Waals surface area contributed by atoms with Crippen LogP contribution in [0.25, 0.3) is 0 Å². The number of hydrogen-bond donors (Lipinski definition) is 2. The molecule has 1 aliphatic heterocycles. The Bertz CT molecular complexity index is 192. The van der Waals surface area contributed by atoms with Gasteiger partial charge in [0.1, 0.15) is 0 Å². The van der Waals surface area contributed by atoms with E-state index in [4.69, 9.17) is 10.6 Å². The first-order chi connectivity index (χ1) is 7.33. The first-order valence-corrected chi connectivity index (χ1v) is 6.37. The number of hydrogen-bond acceptors (Lipinski definition) is 3. The average Bonchev–Trinajstić information content (AvgIpc) is 2.68. The van der Waals surface area contributed by atoms with Crippen LogP contribution in [0.2, 0.25) is 0 Å². The van der Waals surface area contributed by atoms with Gasteiger partial charge in [0.2, 0.25) is 0 Å². The lowest BCUT2D eigenvalue weighted by molar-refractivity contribution is 0.0412. The van der Waals surface area contributed by atoms with E-state index < -0.39 is 0 Å². The van der Waals surface area contributed by atoms with Gasteiger partial charge in [-0.25, -0.2) is 0 Å². The predicted octanol–water partition coefficient (Wildman–Crippen LogP) is 1.68. The summed E-state index contributed by atoms with van der Waals surface area (Å²) in [7, 11) is 0. The van der Waals surface area contributed by atoms with E-state index >= 15 is 0 Å². The maximum Gasteiger partial charge on any atom is 0.0469 e. The van der Waals surface area contributed by atoms with Gasteiger partial charge >= 0.3 is 0 Å². The Morgan fingerprint density at radius 1 is 1.20 bits per heavy atom. The molecule has 2 fully saturated rings. The van der Waals surface area contributed by atoms with Crippen LogP contribution in [0.15, 0.2) is 0 Å². The number of nitrogens with one attached hydrogen (secondary N) is 1. The highest BCUT2D eigenvalue weighted by molar-refractivity contribution is 4.88. The zero-order valence-corrected chi connectivity index (χ0v) is 9.74. The van der Waals surface area contributed by atoms with Crippen LogP contribution < -0.4 is 11.3 Å². The molecule has 88 valence electrons. The smallest absolute Gasteiger partial charge is 0.0469 e. The van der Waals surface area contributed by atoms with Crippen LogP contribution in [-0.2, 0) is 4.74 Å². The lowest BCUT2D eigenvalue weighted by atomic mass is 9.79. The molecule has 3 atom stereocenters. The lowest BCUT2D eigenvalue weighted by Gasteiger charge is -2.35. The average molecular weight is 212 g/mol. The monoisotopic (exact) mass is 212 g/mol. The van der Waals surface area contributed by atoms with Crippen LogP contribution in [0.4, 0.5) is 0 Å². The molecular formula is C12H24N2O. The van der Waals surface area contributed by atoms with Gasteiger partial charge in [0.25, 0.3) is 0 Å². The molecular weight excluding hydrogens is 188 g/mol. The molecule has 0 aromatic rings. The third kappa shape index (κ3) is 2.52. The van der Waals surface area contributed by atoms with E-state index in [9.17, 15) is 0 Å². The van der Waals surface area contributed by atoms with Crippen molar-refractivity contribution in [2.75, 3.05) is 13.2 Å². The zero-order chi connectivity index (χ0) is 10.7. The first kappa shape index (κ1) is 11.4. The zero-order valence-electron chi connectivity index (χ0n) is 9.74. The summed E-state index contributed by atoms with van der Waals surface area (Å²) in [6.07, 6.45) is 6.48. The fraction of sp³-hybridized carbons (Fsp3) is 1.00. The van der Waals surface area contributed by atoms with Gasteiger partial charge in [-0.3, -0.25) is 11.3 Å². The van der Waals surface area contributed by atoms with E-state index in [1.165, 1.54) is 32.1 Å². The van der Waals surface area contributed by atoms with E-state index in [1.807, 2.05) is 0 Å². The maximum atomic E-state index is 5.75. The highest BCUT2D eigenvalue weighted by Crippen LogP contribution is 2.37. The number of ether oxygens (including phenoxy) is 1. The van der Waals surface area contributed by atoms with Gasteiger partial charge in [-0.15, -0.1) is 0 Å². The molecule has 1 aliphatic carbocycles. The van der Waals surface area contributed by atoms with Crippen molar-refractivity contribution in [2.24, 2.45) is 23.6 Å². The second-order valence-electron chi connectivity index (χ2n) is 5.21. The fourth-order valence-corrected chi connectivity index (χ4v) is 3.39. The van der Waals surface area contributed by atoms with E-state index in [1.54, 1.807) is 0 Å². The topological polar surface area (TPSA) is 47.3 Å². The Kier molecular flexibility index (Phi) is 4.00. The second-order valence-corrected chi connectivity index (χ2v) is 5.21. The van der Waals surface area contributed by atoms with Crippen LogP contribution >= 0.6 is 0 Å². The summed E-state index contributed by atoms with van der Waals surface area (Å²) in [5, 5.41) is 0.